The molecule has 0 aromatic heterocycles. The Kier molecular flexibility index (Phi) is 4.76. The largest absolute Gasteiger partial charge is 0.385 e. The van der Waals surface area contributed by atoms with Gasteiger partial charge < -0.3 is 10.1 Å². The molecule has 0 spiro atoms. The third-order valence-electron chi connectivity index (χ3n) is 3.13. The number of morpholine rings is 1. The molecule has 0 atom stereocenters. The average Bonchev–Trinajstić information content (AvgIpc) is 2.48. The predicted molar refractivity (Wildman–Crippen MR) is 76.8 cm³/mol. The second-order valence-electron chi connectivity index (χ2n) is 4.49. The number of benzene rings is 1. The Balaban J connectivity index is 2.48. The summed E-state index contributed by atoms with van der Waals surface area (Å²) in [6.45, 7) is 3.43. The molecule has 1 aliphatic rings. The summed E-state index contributed by atoms with van der Waals surface area (Å²) in [7, 11) is -3.91. The molecule has 9 heteroatoms. The molecule has 0 radical (unpaired) electrons. The van der Waals surface area contributed by atoms with Gasteiger partial charge in [-0.25, -0.2) is 8.42 Å². The van der Waals surface area contributed by atoms with Crippen LogP contribution in [0.4, 0.5) is 11.4 Å². The van der Waals surface area contributed by atoms with Crippen LogP contribution in [0.2, 0.25) is 0 Å². The lowest BCUT2D eigenvalue weighted by atomic mass is 10.3. The molecule has 1 aromatic carbocycles. The molecule has 1 aliphatic heterocycles. The lowest BCUT2D eigenvalue weighted by molar-refractivity contribution is -0.387. The van der Waals surface area contributed by atoms with E-state index in [0.717, 1.165) is 0 Å². The normalized spacial score (nSPS) is 16.6. The Morgan fingerprint density at radius 3 is 2.62 bits per heavy atom. The topological polar surface area (TPSA) is 102 Å². The van der Waals surface area contributed by atoms with Gasteiger partial charge in [-0.1, -0.05) is 0 Å². The third-order valence-corrected chi connectivity index (χ3v) is 5.05. The Morgan fingerprint density at radius 1 is 1.38 bits per heavy atom. The third kappa shape index (κ3) is 3.31. The van der Waals surface area contributed by atoms with Crippen molar-refractivity contribution in [3.8, 4) is 0 Å². The first-order chi connectivity index (χ1) is 9.96. The molecule has 0 unspecified atom stereocenters. The van der Waals surface area contributed by atoms with E-state index in [1.165, 1.54) is 22.5 Å². The zero-order valence-corrected chi connectivity index (χ0v) is 12.4. The first kappa shape index (κ1) is 15.7. The second-order valence-corrected chi connectivity index (χ2v) is 6.39. The highest BCUT2D eigenvalue weighted by molar-refractivity contribution is 7.89. The van der Waals surface area contributed by atoms with Crippen LogP contribution in [0.25, 0.3) is 0 Å². The van der Waals surface area contributed by atoms with E-state index in [1.54, 1.807) is 0 Å². The number of hydrogen-bond acceptors (Lipinski definition) is 6. The first-order valence-electron chi connectivity index (χ1n) is 6.57. The highest BCUT2D eigenvalue weighted by Gasteiger charge is 2.32. The minimum Gasteiger partial charge on any atom is -0.385 e. The van der Waals surface area contributed by atoms with Crippen LogP contribution in [0.15, 0.2) is 23.1 Å². The van der Waals surface area contributed by atoms with E-state index in [-0.39, 0.29) is 18.0 Å². The summed E-state index contributed by atoms with van der Waals surface area (Å²) in [6.07, 6.45) is 0. The molecule has 0 bridgehead atoms. The molecule has 2 rings (SSSR count). The van der Waals surface area contributed by atoms with E-state index < -0.39 is 20.6 Å². The maximum absolute atomic E-state index is 12.6. The summed E-state index contributed by atoms with van der Waals surface area (Å²) >= 11 is 0. The molecule has 0 aliphatic carbocycles. The van der Waals surface area contributed by atoms with Crippen LogP contribution in [-0.2, 0) is 14.8 Å². The zero-order chi connectivity index (χ0) is 15.5. The molecule has 1 fully saturated rings. The maximum atomic E-state index is 12.6. The Hall–Kier alpha value is -1.71. The van der Waals surface area contributed by atoms with Gasteiger partial charge in [0.1, 0.15) is 0 Å². The first-order valence-corrected chi connectivity index (χ1v) is 8.01. The van der Waals surface area contributed by atoms with E-state index in [2.05, 4.69) is 5.32 Å². The Labute approximate surface area is 122 Å². The summed E-state index contributed by atoms with van der Waals surface area (Å²) < 4.78 is 31.5. The minimum absolute atomic E-state index is 0.199. The van der Waals surface area contributed by atoms with Crippen molar-refractivity contribution < 1.29 is 18.1 Å². The van der Waals surface area contributed by atoms with Crippen molar-refractivity contribution in [2.24, 2.45) is 0 Å². The summed E-state index contributed by atoms with van der Waals surface area (Å²) in [6, 6.07) is 4.03. The van der Waals surface area contributed by atoms with Gasteiger partial charge in [-0.05, 0) is 19.1 Å². The van der Waals surface area contributed by atoms with E-state index in [9.17, 15) is 18.5 Å². The summed E-state index contributed by atoms with van der Waals surface area (Å²) in [5.74, 6) is 0. The summed E-state index contributed by atoms with van der Waals surface area (Å²) in [4.78, 5) is 10.1. The number of nitrogens with zero attached hydrogens (tertiary/aromatic N) is 2. The van der Waals surface area contributed by atoms with Crippen LogP contribution in [0, 0.1) is 10.1 Å². The molecule has 0 saturated carbocycles. The van der Waals surface area contributed by atoms with Gasteiger partial charge in [0.25, 0.3) is 5.69 Å². The molecule has 116 valence electrons. The molecule has 1 aromatic rings. The van der Waals surface area contributed by atoms with Gasteiger partial charge in [0, 0.05) is 31.4 Å². The van der Waals surface area contributed by atoms with Crippen LogP contribution < -0.4 is 5.32 Å². The van der Waals surface area contributed by atoms with Gasteiger partial charge in [0.2, 0.25) is 10.0 Å². The Bertz CT molecular complexity index is 626. The fraction of sp³-hybridized carbons (Fsp3) is 0.500. The molecule has 1 heterocycles. The van der Waals surface area contributed by atoms with Crippen LogP contribution in [0.5, 0.6) is 0 Å². The van der Waals surface area contributed by atoms with Crippen molar-refractivity contribution in [1.82, 2.24) is 4.31 Å². The van der Waals surface area contributed by atoms with Gasteiger partial charge in [-0.3, -0.25) is 10.1 Å². The second kappa shape index (κ2) is 6.37. The summed E-state index contributed by atoms with van der Waals surface area (Å²) in [5, 5.41) is 14.1. The van der Waals surface area contributed by atoms with Gasteiger partial charge in [-0.15, -0.1) is 0 Å². The van der Waals surface area contributed by atoms with Crippen LogP contribution in [0.1, 0.15) is 6.92 Å². The van der Waals surface area contributed by atoms with Crippen LogP contribution >= 0.6 is 0 Å². The number of anilines is 1. The number of sulfonamides is 1. The fourth-order valence-electron chi connectivity index (χ4n) is 2.11. The van der Waals surface area contributed by atoms with Crippen molar-refractivity contribution in [2.45, 2.75) is 11.8 Å². The van der Waals surface area contributed by atoms with E-state index in [0.29, 0.717) is 25.4 Å². The van der Waals surface area contributed by atoms with Crippen molar-refractivity contribution >= 4 is 21.4 Å². The quantitative estimate of drug-likeness (QED) is 0.643. The number of nitro benzene ring substituents is 1. The van der Waals surface area contributed by atoms with Gasteiger partial charge in [0.05, 0.1) is 18.1 Å². The maximum Gasteiger partial charge on any atom is 0.289 e. The SMILES string of the molecule is CCNc1ccc([N+](=O)[O-])c(S(=O)(=O)N2CCOCC2)c1. The number of hydrogen-bond donors (Lipinski definition) is 1. The highest BCUT2D eigenvalue weighted by atomic mass is 32.2. The molecular formula is C12H17N3O5S. The molecule has 1 N–H and O–H groups in total. The molecule has 21 heavy (non-hydrogen) atoms. The smallest absolute Gasteiger partial charge is 0.289 e. The van der Waals surface area contributed by atoms with Gasteiger partial charge in [-0.2, -0.15) is 4.31 Å². The Morgan fingerprint density at radius 2 is 2.05 bits per heavy atom. The minimum atomic E-state index is -3.91. The fourth-order valence-corrected chi connectivity index (χ4v) is 3.70. The van der Waals surface area contributed by atoms with Crippen molar-refractivity contribution in [1.29, 1.82) is 0 Å². The van der Waals surface area contributed by atoms with Gasteiger partial charge >= 0.3 is 0 Å². The number of ether oxygens (including phenoxy) is 1. The molecule has 0 amide bonds. The van der Waals surface area contributed by atoms with Crippen LogP contribution in [0.3, 0.4) is 0 Å². The van der Waals surface area contributed by atoms with Crippen molar-refractivity contribution in [3.05, 3.63) is 28.3 Å². The van der Waals surface area contributed by atoms with E-state index in [1.807, 2.05) is 6.92 Å². The van der Waals surface area contributed by atoms with E-state index in [4.69, 9.17) is 4.74 Å². The van der Waals surface area contributed by atoms with Gasteiger partial charge in [0.15, 0.2) is 4.90 Å². The zero-order valence-electron chi connectivity index (χ0n) is 11.6. The number of rotatable bonds is 5. The van der Waals surface area contributed by atoms with Crippen molar-refractivity contribution in [2.75, 3.05) is 38.2 Å². The molecule has 8 nitrogen and oxygen atoms in total. The monoisotopic (exact) mass is 315 g/mol. The lowest BCUT2D eigenvalue weighted by Gasteiger charge is -2.26. The average molecular weight is 315 g/mol. The lowest BCUT2D eigenvalue weighted by Crippen LogP contribution is -2.40. The highest BCUT2D eigenvalue weighted by Crippen LogP contribution is 2.30. The number of nitrogens with one attached hydrogen (secondary N) is 1. The number of nitro groups is 1. The van der Waals surface area contributed by atoms with E-state index >= 15 is 0 Å². The molecular weight excluding hydrogens is 298 g/mol. The predicted octanol–water partition coefficient (Wildman–Crippen LogP) is 1.05. The molecule has 1 saturated heterocycles. The summed E-state index contributed by atoms with van der Waals surface area (Å²) in [5.41, 5.74) is 0.123. The van der Waals surface area contributed by atoms with Crippen LogP contribution in [-0.4, -0.2) is 50.5 Å². The van der Waals surface area contributed by atoms with Crippen molar-refractivity contribution in [3.63, 3.8) is 0 Å². The standard InChI is InChI=1S/C12H17N3O5S/c1-2-13-10-3-4-11(15(16)17)12(9-10)21(18,19)14-5-7-20-8-6-14/h3-4,9,13H,2,5-8H2,1H3.